The molecule has 2 rings (SSSR count). The van der Waals surface area contributed by atoms with Crippen molar-refractivity contribution in [3.63, 3.8) is 0 Å². The van der Waals surface area contributed by atoms with Crippen molar-refractivity contribution in [2.45, 2.75) is 18.6 Å². The van der Waals surface area contributed by atoms with Crippen LogP contribution in [0.15, 0.2) is 0 Å². The Morgan fingerprint density at radius 3 is 3.12 bits per heavy atom. The summed E-state index contributed by atoms with van der Waals surface area (Å²) in [6.07, 6.45) is 1.83. The minimum absolute atomic E-state index is 0.580. The zero-order valence-corrected chi connectivity index (χ0v) is 4.89. The second-order valence-electron chi connectivity index (χ2n) is 2.66. The highest BCUT2D eigenvalue weighted by molar-refractivity contribution is 4.89. The Morgan fingerprint density at radius 1 is 1.62 bits per heavy atom. The van der Waals surface area contributed by atoms with Crippen molar-refractivity contribution in [1.82, 2.24) is 0 Å². The number of hydrogen-bond donors (Lipinski definition) is 1. The first-order valence-corrected chi connectivity index (χ1v) is 3.17. The van der Waals surface area contributed by atoms with Crippen LogP contribution in [-0.4, -0.2) is 25.3 Å². The molecule has 0 bridgehead atoms. The Labute approximate surface area is 49.4 Å². The van der Waals surface area contributed by atoms with Crippen LogP contribution in [0.1, 0.15) is 6.42 Å². The fourth-order valence-corrected chi connectivity index (χ4v) is 1.31. The Bertz CT molecular complexity index is 105. The van der Waals surface area contributed by atoms with Gasteiger partial charge >= 0.3 is 0 Å². The lowest BCUT2D eigenvalue weighted by Gasteiger charge is -2.24. The molecule has 2 nitrogen and oxygen atoms in total. The molecule has 1 aliphatic heterocycles. The van der Waals surface area contributed by atoms with E-state index in [1.807, 2.05) is 0 Å². The van der Waals surface area contributed by atoms with Gasteiger partial charge in [-0.25, -0.2) is 0 Å². The molecule has 3 unspecified atom stereocenters. The van der Waals surface area contributed by atoms with Crippen molar-refractivity contribution in [2.24, 2.45) is 0 Å². The predicted octanol–water partition coefficient (Wildman–Crippen LogP) is -1.17. The van der Waals surface area contributed by atoms with Crippen molar-refractivity contribution in [1.29, 1.82) is 0 Å². The SMILES string of the molecule is [CH2-][NH+]1CCOC2CC21. The first-order chi connectivity index (χ1) is 3.88. The number of ether oxygens (including phenoxy) is 1. The summed E-state index contributed by atoms with van der Waals surface area (Å²) in [5.74, 6) is 0. The third kappa shape index (κ3) is 0.565. The zero-order chi connectivity index (χ0) is 5.56. The summed E-state index contributed by atoms with van der Waals surface area (Å²) in [5, 5.41) is 0. The topological polar surface area (TPSA) is 13.7 Å². The normalized spacial score (nSPS) is 52.9. The second-order valence-corrected chi connectivity index (χ2v) is 2.66. The van der Waals surface area contributed by atoms with Crippen LogP contribution in [0.5, 0.6) is 0 Å². The van der Waals surface area contributed by atoms with Crippen LogP contribution in [0.3, 0.4) is 0 Å². The van der Waals surface area contributed by atoms with Gasteiger partial charge in [0.25, 0.3) is 0 Å². The Morgan fingerprint density at radius 2 is 2.50 bits per heavy atom. The average molecular weight is 113 g/mol. The fourth-order valence-electron chi connectivity index (χ4n) is 1.31. The van der Waals surface area contributed by atoms with Crippen LogP contribution in [-0.2, 0) is 4.74 Å². The summed E-state index contributed by atoms with van der Waals surface area (Å²) < 4.78 is 5.36. The number of rotatable bonds is 0. The Balaban J connectivity index is 1.99. The molecular weight excluding hydrogens is 102 g/mol. The number of nitrogens with one attached hydrogen (secondary N) is 1. The van der Waals surface area contributed by atoms with E-state index >= 15 is 0 Å². The maximum absolute atomic E-state index is 5.36. The summed E-state index contributed by atoms with van der Waals surface area (Å²) in [4.78, 5) is 1.42. The molecule has 46 valence electrons. The molecule has 0 aromatic carbocycles. The summed E-state index contributed by atoms with van der Waals surface area (Å²) in [5.41, 5.74) is 0. The second kappa shape index (κ2) is 1.45. The van der Waals surface area contributed by atoms with Crippen LogP contribution >= 0.6 is 0 Å². The molecule has 0 amide bonds. The lowest BCUT2D eigenvalue weighted by atomic mass is 10.5. The molecule has 1 heterocycles. The quantitative estimate of drug-likeness (QED) is 0.391. The molecule has 2 fully saturated rings. The lowest BCUT2D eigenvalue weighted by Crippen LogP contribution is -3.10. The summed E-state index contributed by atoms with van der Waals surface area (Å²) in [6.45, 7) is 2.02. The molecule has 0 aromatic heterocycles. The Hall–Kier alpha value is -0.0800. The molecule has 1 N–H and O–H groups in total. The van der Waals surface area contributed by atoms with E-state index in [0.717, 1.165) is 19.2 Å². The third-order valence-electron chi connectivity index (χ3n) is 2.01. The van der Waals surface area contributed by atoms with Gasteiger partial charge in [0.15, 0.2) is 0 Å². The van der Waals surface area contributed by atoms with Crippen molar-refractivity contribution in [3.8, 4) is 0 Å². The number of morpholine rings is 1. The van der Waals surface area contributed by atoms with Crippen LogP contribution < -0.4 is 4.90 Å². The molecule has 2 heteroatoms. The monoisotopic (exact) mass is 113 g/mol. The first kappa shape index (κ1) is 4.77. The summed E-state index contributed by atoms with van der Waals surface area (Å²) in [7, 11) is 3.96. The van der Waals surface area contributed by atoms with E-state index in [9.17, 15) is 0 Å². The van der Waals surface area contributed by atoms with Gasteiger partial charge in [0.2, 0.25) is 0 Å². The van der Waals surface area contributed by atoms with Crippen molar-refractivity contribution < 1.29 is 9.64 Å². The maximum Gasteiger partial charge on any atom is 0.113 e. The molecule has 0 radical (unpaired) electrons. The van der Waals surface area contributed by atoms with Gasteiger partial charge in [-0.05, 0) is 0 Å². The third-order valence-corrected chi connectivity index (χ3v) is 2.01. The van der Waals surface area contributed by atoms with E-state index in [0.29, 0.717) is 6.10 Å². The first-order valence-electron chi connectivity index (χ1n) is 3.17. The molecule has 0 aromatic rings. The van der Waals surface area contributed by atoms with Gasteiger partial charge in [-0.3, -0.25) is 0 Å². The van der Waals surface area contributed by atoms with Crippen molar-refractivity contribution >= 4 is 0 Å². The van der Waals surface area contributed by atoms with Crippen molar-refractivity contribution in [3.05, 3.63) is 7.05 Å². The highest BCUT2D eigenvalue weighted by atomic mass is 16.5. The molecule has 8 heavy (non-hydrogen) atoms. The standard InChI is InChI=1S/C6H11NO/c1-7-2-3-8-6-4-5(6)7/h5-7H,1-4H2. The van der Waals surface area contributed by atoms with Crippen LogP contribution in [0.2, 0.25) is 0 Å². The van der Waals surface area contributed by atoms with E-state index in [1.165, 1.54) is 11.3 Å². The van der Waals surface area contributed by atoms with Gasteiger partial charge in [-0.2, -0.15) is 7.05 Å². The molecular formula is C6H11NO. The van der Waals surface area contributed by atoms with E-state index in [-0.39, 0.29) is 0 Å². The predicted molar refractivity (Wildman–Crippen MR) is 29.3 cm³/mol. The van der Waals surface area contributed by atoms with Gasteiger partial charge in [-0.1, -0.05) is 0 Å². The number of fused-ring (bicyclic) bond motifs is 1. The van der Waals surface area contributed by atoms with Crippen LogP contribution in [0.25, 0.3) is 0 Å². The van der Waals surface area contributed by atoms with Gasteiger partial charge in [0.05, 0.1) is 19.2 Å². The largest absolute Gasteiger partial charge is 0.461 e. The smallest absolute Gasteiger partial charge is 0.113 e. The van der Waals surface area contributed by atoms with E-state index in [4.69, 9.17) is 4.74 Å². The number of quaternary nitrogens is 1. The minimum atomic E-state index is 0.580. The zero-order valence-electron chi connectivity index (χ0n) is 4.89. The molecule has 1 saturated carbocycles. The summed E-state index contributed by atoms with van der Waals surface area (Å²) in [6, 6.07) is 0.753. The van der Waals surface area contributed by atoms with E-state index in [1.54, 1.807) is 0 Å². The van der Waals surface area contributed by atoms with Crippen LogP contribution in [0, 0.1) is 7.05 Å². The maximum atomic E-state index is 5.36. The minimum Gasteiger partial charge on any atom is -0.461 e. The fraction of sp³-hybridized carbons (Fsp3) is 0.833. The molecule has 0 spiro atoms. The highest BCUT2D eigenvalue weighted by Crippen LogP contribution is 2.23. The Kier molecular flexibility index (Phi) is 0.866. The van der Waals surface area contributed by atoms with E-state index < -0.39 is 0 Å². The van der Waals surface area contributed by atoms with Gasteiger partial charge < -0.3 is 9.64 Å². The van der Waals surface area contributed by atoms with Crippen LogP contribution in [0.4, 0.5) is 0 Å². The van der Waals surface area contributed by atoms with Gasteiger partial charge in [-0.15, -0.1) is 0 Å². The summed E-state index contributed by atoms with van der Waals surface area (Å²) >= 11 is 0. The molecule has 1 saturated heterocycles. The average Bonchev–Trinajstić information content (AvgIpc) is 2.45. The molecule has 2 aliphatic rings. The van der Waals surface area contributed by atoms with Gasteiger partial charge in [0.1, 0.15) is 6.10 Å². The molecule has 3 atom stereocenters. The lowest BCUT2D eigenvalue weighted by molar-refractivity contribution is -0.874. The van der Waals surface area contributed by atoms with E-state index in [2.05, 4.69) is 7.05 Å². The highest BCUT2D eigenvalue weighted by Gasteiger charge is 2.45. The molecule has 1 aliphatic carbocycles. The van der Waals surface area contributed by atoms with Gasteiger partial charge in [0, 0.05) is 6.42 Å². The van der Waals surface area contributed by atoms with Crippen molar-refractivity contribution in [2.75, 3.05) is 13.2 Å². The number of hydrogen-bond acceptors (Lipinski definition) is 1.